The van der Waals surface area contributed by atoms with Gasteiger partial charge in [-0.1, -0.05) is 19.1 Å². The van der Waals surface area contributed by atoms with Crippen LogP contribution in [0.3, 0.4) is 0 Å². The van der Waals surface area contributed by atoms with Crippen molar-refractivity contribution in [3.8, 4) is 5.75 Å². The van der Waals surface area contributed by atoms with Crippen LogP contribution in [-0.2, 0) is 6.54 Å². The molecule has 1 aliphatic rings. The molecule has 1 aromatic carbocycles. The van der Waals surface area contributed by atoms with Crippen LogP contribution in [0.4, 0.5) is 0 Å². The molecule has 0 bridgehead atoms. The number of rotatable bonds is 4. The van der Waals surface area contributed by atoms with E-state index in [1.54, 1.807) is 7.11 Å². The van der Waals surface area contributed by atoms with Crippen molar-refractivity contribution in [1.82, 2.24) is 15.1 Å². The van der Waals surface area contributed by atoms with Gasteiger partial charge in [-0.05, 0) is 30.0 Å². The summed E-state index contributed by atoms with van der Waals surface area (Å²) < 4.78 is 10.9. The molecule has 5 nitrogen and oxygen atoms in total. The van der Waals surface area contributed by atoms with Crippen molar-refractivity contribution in [3.63, 3.8) is 0 Å². The molecule has 1 fully saturated rings. The zero-order chi connectivity index (χ0) is 14.8. The van der Waals surface area contributed by atoms with Gasteiger partial charge in [0.15, 0.2) is 0 Å². The van der Waals surface area contributed by atoms with Crippen LogP contribution in [0.5, 0.6) is 5.75 Å². The maximum atomic E-state index is 5.52. The molecule has 1 aliphatic heterocycles. The Kier molecular flexibility index (Phi) is 3.92. The first kappa shape index (κ1) is 14.1. The molecule has 0 aliphatic carbocycles. The zero-order valence-corrected chi connectivity index (χ0v) is 12.7. The first-order valence-corrected chi connectivity index (χ1v) is 7.32. The molecule has 0 unspecified atom stereocenters. The van der Waals surface area contributed by atoms with Crippen LogP contribution in [0.25, 0.3) is 0 Å². The Morgan fingerprint density at radius 1 is 1.38 bits per heavy atom. The number of ether oxygens (including phenoxy) is 1. The molecule has 1 aromatic heterocycles. The van der Waals surface area contributed by atoms with E-state index in [0.29, 0.717) is 30.3 Å². The topological polar surface area (TPSA) is 51.4 Å². The smallest absolute Gasteiger partial charge is 0.230 e. The van der Waals surface area contributed by atoms with Crippen LogP contribution in [0.2, 0.25) is 0 Å². The molecule has 5 heteroatoms. The minimum absolute atomic E-state index is 0.377. The van der Waals surface area contributed by atoms with Crippen LogP contribution >= 0.6 is 0 Å². The minimum Gasteiger partial charge on any atom is -0.497 e. The number of likely N-dealkylation sites (tertiary alicyclic amines) is 1. The lowest BCUT2D eigenvalue weighted by Crippen LogP contribution is -2.23. The molecular formula is C16H21N3O2. The minimum atomic E-state index is 0.377. The SMILES string of the molecule is COc1cccc([C@H]2C[C@H](C)CN2Cc2nnc(C)o2)c1. The molecule has 112 valence electrons. The highest BCUT2D eigenvalue weighted by atomic mass is 16.5. The molecule has 2 aromatic rings. The van der Waals surface area contributed by atoms with Crippen molar-refractivity contribution in [3.05, 3.63) is 41.6 Å². The number of methoxy groups -OCH3 is 1. The Morgan fingerprint density at radius 3 is 2.95 bits per heavy atom. The van der Waals surface area contributed by atoms with Gasteiger partial charge in [-0.15, -0.1) is 10.2 Å². The first-order chi connectivity index (χ1) is 10.2. The second-order valence-corrected chi connectivity index (χ2v) is 5.78. The quantitative estimate of drug-likeness (QED) is 0.865. The lowest BCUT2D eigenvalue weighted by molar-refractivity contribution is 0.219. The van der Waals surface area contributed by atoms with Gasteiger partial charge in [0.2, 0.25) is 11.8 Å². The molecule has 0 saturated carbocycles. The van der Waals surface area contributed by atoms with E-state index in [9.17, 15) is 0 Å². The molecule has 2 atom stereocenters. The van der Waals surface area contributed by atoms with Gasteiger partial charge in [0.25, 0.3) is 0 Å². The summed E-state index contributed by atoms with van der Waals surface area (Å²) in [6.07, 6.45) is 1.14. The Hall–Kier alpha value is -1.88. The lowest BCUT2D eigenvalue weighted by atomic mass is 10.0. The normalized spacial score (nSPS) is 22.6. The van der Waals surface area contributed by atoms with Gasteiger partial charge in [-0.3, -0.25) is 4.90 Å². The van der Waals surface area contributed by atoms with Crippen molar-refractivity contribution in [2.24, 2.45) is 5.92 Å². The Balaban J connectivity index is 1.81. The van der Waals surface area contributed by atoms with E-state index in [1.165, 1.54) is 5.56 Å². The summed E-state index contributed by atoms with van der Waals surface area (Å²) in [5.74, 6) is 2.87. The molecule has 1 saturated heterocycles. The first-order valence-electron chi connectivity index (χ1n) is 7.32. The summed E-state index contributed by atoms with van der Waals surface area (Å²) in [7, 11) is 1.70. The van der Waals surface area contributed by atoms with Crippen molar-refractivity contribution in [2.75, 3.05) is 13.7 Å². The molecule has 0 N–H and O–H groups in total. The summed E-state index contributed by atoms with van der Waals surface area (Å²) in [5.41, 5.74) is 1.29. The molecule has 3 rings (SSSR count). The summed E-state index contributed by atoms with van der Waals surface area (Å²) in [6.45, 7) is 5.85. The highest BCUT2D eigenvalue weighted by Gasteiger charge is 2.31. The number of aromatic nitrogens is 2. The maximum Gasteiger partial charge on any atom is 0.230 e. The van der Waals surface area contributed by atoms with Crippen molar-refractivity contribution >= 4 is 0 Å². The molecule has 2 heterocycles. The molecule has 0 radical (unpaired) electrons. The fourth-order valence-corrected chi connectivity index (χ4v) is 3.08. The highest BCUT2D eigenvalue weighted by molar-refractivity contribution is 5.31. The average molecular weight is 287 g/mol. The van der Waals surface area contributed by atoms with Gasteiger partial charge >= 0.3 is 0 Å². The van der Waals surface area contributed by atoms with Gasteiger partial charge in [0, 0.05) is 19.5 Å². The number of nitrogens with zero attached hydrogens (tertiary/aromatic N) is 3. The summed E-state index contributed by atoms with van der Waals surface area (Å²) in [5, 5.41) is 8.02. The number of hydrogen-bond donors (Lipinski definition) is 0. The van der Waals surface area contributed by atoms with Gasteiger partial charge in [0.1, 0.15) is 5.75 Å². The van der Waals surface area contributed by atoms with Crippen molar-refractivity contribution < 1.29 is 9.15 Å². The molecule has 21 heavy (non-hydrogen) atoms. The van der Waals surface area contributed by atoms with Crippen molar-refractivity contribution in [2.45, 2.75) is 32.9 Å². The van der Waals surface area contributed by atoms with Gasteiger partial charge in [-0.2, -0.15) is 0 Å². The molecule has 0 amide bonds. The van der Waals surface area contributed by atoms with Gasteiger partial charge in [-0.25, -0.2) is 0 Å². The monoisotopic (exact) mass is 287 g/mol. The largest absolute Gasteiger partial charge is 0.497 e. The zero-order valence-electron chi connectivity index (χ0n) is 12.7. The van der Waals surface area contributed by atoms with Crippen LogP contribution in [-0.4, -0.2) is 28.8 Å². The lowest BCUT2D eigenvalue weighted by Gasteiger charge is -2.23. The van der Waals surface area contributed by atoms with E-state index in [0.717, 1.165) is 18.7 Å². The van der Waals surface area contributed by atoms with E-state index >= 15 is 0 Å². The predicted octanol–water partition coefficient (Wildman–Crippen LogP) is 2.97. The van der Waals surface area contributed by atoms with E-state index in [4.69, 9.17) is 9.15 Å². The maximum absolute atomic E-state index is 5.52. The fraction of sp³-hybridized carbons (Fsp3) is 0.500. The summed E-state index contributed by atoms with van der Waals surface area (Å²) in [6, 6.07) is 8.69. The van der Waals surface area contributed by atoms with E-state index in [2.05, 4.69) is 34.2 Å². The third-order valence-corrected chi connectivity index (χ3v) is 4.00. The predicted molar refractivity (Wildman–Crippen MR) is 79.0 cm³/mol. The third kappa shape index (κ3) is 3.08. The average Bonchev–Trinajstić information content (AvgIpc) is 3.05. The number of benzene rings is 1. The summed E-state index contributed by atoms with van der Waals surface area (Å²) in [4.78, 5) is 2.41. The van der Waals surface area contributed by atoms with Crippen LogP contribution in [0.15, 0.2) is 28.7 Å². The van der Waals surface area contributed by atoms with Gasteiger partial charge < -0.3 is 9.15 Å². The number of aryl methyl sites for hydroxylation is 1. The standard InChI is InChI=1S/C16H21N3O2/c1-11-7-15(13-5-4-6-14(8-13)20-3)19(9-11)10-16-18-17-12(2)21-16/h4-6,8,11,15H,7,9-10H2,1-3H3/t11-,15+/m0/s1. The van der Waals surface area contributed by atoms with E-state index in [-0.39, 0.29) is 0 Å². The van der Waals surface area contributed by atoms with Crippen molar-refractivity contribution in [1.29, 1.82) is 0 Å². The Morgan fingerprint density at radius 2 is 2.24 bits per heavy atom. The third-order valence-electron chi connectivity index (χ3n) is 4.00. The highest BCUT2D eigenvalue weighted by Crippen LogP contribution is 2.37. The van der Waals surface area contributed by atoms with E-state index in [1.807, 2.05) is 19.1 Å². The van der Waals surface area contributed by atoms with Crippen LogP contribution in [0, 0.1) is 12.8 Å². The van der Waals surface area contributed by atoms with Gasteiger partial charge in [0.05, 0.1) is 13.7 Å². The molecular weight excluding hydrogens is 266 g/mol. The van der Waals surface area contributed by atoms with Crippen LogP contribution in [0.1, 0.15) is 36.7 Å². The summed E-state index contributed by atoms with van der Waals surface area (Å²) >= 11 is 0. The fourth-order valence-electron chi connectivity index (χ4n) is 3.08. The van der Waals surface area contributed by atoms with Crippen LogP contribution < -0.4 is 4.74 Å². The Bertz CT molecular complexity index is 611. The van der Waals surface area contributed by atoms with E-state index < -0.39 is 0 Å². The number of hydrogen-bond acceptors (Lipinski definition) is 5. The molecule has 0 spiro atoms. The second kappa shape index (κ2) is 5.85. The second-order valence-electron chi connectivity index (χ2n) is 5.78. The Labute approximate surface area is 124 Å².